The number of sulfonamides is 1. The van der Waals surface area contributed by atoms with Gasteiger partial charge in [-0.25, -0.2) is 13.8 Å². The highest BCUT2D eigenvalue weighted by atomic mass is 79.9. The average molecular weight is 735 g/mol. The SMILES string of the molecule is CCOc1ccc(S(=O)(=O)N(CC(=O)N/N=C\c2cc(Br)c(OCc3ccc(Cl)c(Cl)c3)c(OC)c2)c2ccc(C)cc2)cc1. The van der Waals surface area contributed by atoms with Gasteiger partial charge in [0.1, 0.15) is 18.9 Å². The van der Waals surface area contributed by atoms with Crippen molar-refractivity contribution in [2.75, 3.05) is 24.6 Å². The number of rotatable bonds is 13. The van der Waals surface area contributed by atoms with Crippen LogP contribution in [-0.2, 0) is 21.4 Å². The van der Waals surface area contributed by atoms with Crippen molar-refractivity contribution < 1.29 is 27.4 Å². The van der Waals surface area contributed by atoms with Crippen molar-refractivity contribution in [1.82, 2.24) is 5.43 Å². The topological polar surface area (TPSA) is 107 Å². The number of hydrazone groups is 1. The Morgan fingerprint density at radius 1 is 0.978 bits per heavy atom. The van der Waals surface area contributed by atoms with Crippen LogP contribution in [-0.4, -0.2) is 40.8 Å². The van der Waals surface area contributed by atoms with Crippen molar-refractivity contribution in [2.24, 2.45) is 5.10 Å². The maximum Gasteiger partial charge on any atom is 0.264 e. The van der Waals surface area contributed by atoms with Crippen LogP contribution < -0.4 is 23.9 Å². The van der Waals surface area contributed by atoms with E-state index in [1.807, 2.05) is 19.9 Å². The van der Waals surface area contributed by atoms with Crippen molar-refractivity contribution in [3.05, 3.63) is 110 Å². The molecule has 45 heavy (non-hydrogen) atoms. The fraction of sp³-hybridized carbons (Fsp3) is 0.188. The first-order chi connectivity index (χ1) is 21.5. The number of aryl methyl sites for hydroxylation is 1. The Balaban J connectivity index is 1.48. The van der Waals surface area contributed by atoms with Crippen LogP contribution in [0.15, 0.2) is 93.3 Å². The maximum atomic E-state index is 13.7. The molecule has 1 amide bonds. The van der Waals surface area contributed by atoms with E-state index in [0.29, 0.717) is 49.6 Å². The van der Waals surface area contributed by atoms with Gasteiger partial charge in [-0.1, -0.05) is 47.0 Å². The average Bonchev–Trinajstić information content (AvgIpc) is 3.01. The minimum absolute atomic E-state index is 0.0150. The van der Waals surface area contributed by atoms with Gasteiger partial charge in [-0.3, -0.25) is 9.10 Å². The predicted octanol–water partition coefficient (Wildman–Crippen LogP) is 7.40. The van der Waals surface area contributed by atoms with E-state index in [-0.39, 0.29) is 11.5 Å². The highest BCUT2D eigenvalue weighted by molar-refractivity contribution is 9.10. The number of amides is 1. The number of ether oxygens (including phenoxy) is 3. The Morgan fingerprint density at radius 2 is 1.69 bits per heavy atom. The molecule has 0 aliphatic carbocycles. The van der Waals surface area contributed by atoms with Gasteiger partial charge in [0.25, 0.3) is 15.9 Å². The third-order valence-corrected chi connectivity index (χ3v) is 9.47. The van der Waals surface area contributed by atoms with Gasteiger partial charge in [-0.2, -0.15) is 5.10 Å². The molecule has 9 nitrogen and oxygen atoms in total. The number of carbonyl (C=O) groups excluding carboxylic acids is 1. The number of halogens is 3. The Hall–Kier alpha value is -3.77. The highest BCUT2D eigenvalue weighted by Gasteiger charge is 2.27. The summed E-state index contributed by atoms with van der Waals surface area (Å²) in [5, 5.41) is 4.92. The van der Waals surface area contributed by atoms with Gasteiger partial charge >= 0.3 is 0 Å². The molecule has 0 radical (unpaired) electrons. The molecule has 0 fully saturated rings. The van der Waals surface area contributed by atoms with Crippen molar-refractivity contribution in [2.45, 2.75) is 25.3 Å². The second kappa shape index (κ2) is 15.5. The summed E-state index contributed by atoms with van der Waals surface area (Å²) in [5.74, 6) is 0.774. The molecule has 0 bridgehead atoms. The molecule has 4 rings (SSSR count). The Morgan fingerprint density at radius 3 is 2.33 bits per heavy atom. The van der Waals surface area contributed by atoms with Gasteiger partial charge in [0, 0.05) is 0 Å². The van der Waals surface area contributed by atoms with Gasteiger partial charge in [0.15, 0.2) is 11.5 Å². The second-order valence-corrected chi connectivity index (χ2v) is 13.1. The number of benzene rings is 4. The molecule has 0 aliphatic heterocycles. The third-order valence-electron chi connectivity index (χ3n) is 6.35. The van der Waals surface area contributed by atoms with Crippen LogP contribution in [0, 0.1) is 6.92 Å². The first-order valence-corrected chi connectivity index (χ1v) is 16.6. The molecular formula is C32H30BrCl2N3O6S. The summed E-state index contributed by atoms with van der Waals surface area (Å²) in [4.78, 5) is 13.0. The Bertz CT molecular complexity index is 1790. The summed E-state index contributed by atoms with van der Waals surface area (Å²) in [6, 6.07) is 21.5. The molecule has 13 heteroatoms. The summed E-state index contributed by atoms with van der Waals surface area (Å²) in [6.45, 7) is 3.88. The Labute approximate surface area is 280 Å². The van der Waals surface area contributed by atoms with Crippen LogP contribution in [0.2, 0.25) is 10.0 Å². The van der Waals surface area contributed by atoms with Crippen LogP contribution in [0.25, 0.3) is 0 Å². The van der Waals surface area contributed by atoms with Gasteiger partial charge in [0.2, 0.25) is 0 Å². The number of nitrogens with zero attached hydrogens (tertiary/aromatic N) is 2. The van der Waals surface area contributed by atoms with Crippen molar-refractivity contribution in [1.29, 1.82) is 0 Å². The molecule has 0 atom stereocenters. The molecule has 0 spiro atoms. The van der Waals surface area contributed by atoms with Gasteiger partial charge in [-0.05, 0) is 102 Å². The molecule has 236 valence electrons. The summed E-state index contributed by atoms with van der Waals surface area (Å²) in [5.41, 5.74) is 5.09. The van der Waals surface area contributed by atoms with Crippen LogP contribution in [0.4, 0.5) is 5.69 Å². The van der Waals surface area contributed by atoms with Crippen LogP contribution in [0.5, 0.6) is 17.2 Å². The lowest BCUT2D eigenvalue weighted by atomic mass is 10.2. The smallest absolute Gasteiger partial charge is 0.264 e. The number of hydrogen-bond acceptors (Lipinski definition) is 7. The largest absolute Gasteiger partial charge is 0.494 e. The minimum atomic E-state index is -4.11. The number of anilines is 1. The van der Waals surface area contributed by atoms with E-state index in [0.717, 1.165) is 15.4 Å². The molecule has 4 aromatic carbocycles. The highest BCUT2D eigenvalue weighted by Crippen LogP contribution is 2.37. The maximum absolute atomic E-state index is 13.7. The number of hydrogen-bond donors (Lipinski definition) is 1. The number of nitrogens with one attached hydrogen (secondary N) is 1. The molecule has 0 aliphatic rings. The van der Waals surface area contributed by atoms with Crippen LogP contribution >= 0.6 is 39.1 Å². The standard InChI is InChI=1S/C32H30BrCl2N3O6S/c1-4-43-25-10-12-26(13-11-25)45(40,41)38(24-8-5-21(2)6-9-24)19-31(39)37-36-18-23-15-27(33)32(30(17-23)42-3)44-20-22-7-14-28(34)29(35)16-22/h5-18H,4,19-20H2,1-3H3,(H,37,39)/b36-18-. The lowest BCUT2D eigenvalue weighted by Crippen LogP contribution is -2.39. The monoisotopic (exact) mass is 733 g/mol. The molecule has 0 aromatic heterocycles. The van der Waals surface area contributed by atoms with Crippen molar-refractivity contribution in [3.8, 4) is 17.2 Å². The molecule has 0 saturated carbocycles. The van der Waals surface area contributed by atoms with E-state index in [9.17, 15) is 13.2 Å². The molecule has 0 heterocycles. The quantitative estimate of drug-likeness (QED) is 0.113. The van der Waals surface area contributed by atoms with E-state index < -0.39 is 22.5 Å². The van der Waals surface area contributed by atoms with Crippen molar-refractivity contribution >= 4 is 67.0 Å². The fourth-order valence-electron chi connectivity index (χ4n) is 4.11. The fourth-order valence-corrected chi connectivity index (χ4v) is 6.43. The van der Waals surface area contributed by atoms with Gasteiger partial charge in [-0.15, -0.1) is 0 Å². The summed E-state index contributed by atoms with van der Waals surface area (Å²) >= 11 is 15.6. The molecule has 0 saturated heterocycles. The van der Waals surface area contributed by atoms with Gasteiger partial charge in [0.05, 0.1) is 45.0 Å². The third kappa shape index (κ3) is 8.91. The zero-order valence-electron chi connectivity index (χ0n) is 24.6. The molecular weight excluding hydrogens is 705 g/mol. The molecule has 0 unspecified atom stereocenters. The molecule has 1 N–H and O–H groups in total. The summed E-state index contributed by atoms with van der Waals surface area (Å²) < 4.78 is 45.8. The predicted molar refractivity (Wildman–Crippen MR) is 181 cm³/mol. The van der Waals surface area contributed by atoms with E-state index in [2.05, 4.69) is 26.5 Å². The van der Waals surface area contributed by atoms with E-state index in [1.165, 1.54) is 25.5 Å². The lowest BCUT2D eigenvalue weighted by molar-refractivity contribution is -0.119. The first-order valence-electron chi connectivity index (χ1n) is 13.6. The molecule has 4 aromatic rings. The number of methoxy groups -OCH3 is 1. The van der Waals surface area contributed by atoms with Crippen LogP contribution in [0.1, 0.15) is 23.6 Å². The van der Waals surface area contributed by atoms with Crippen LogP contribution in [0.3, 0.4) is 0 Å². The summed E-state index contributed by atoms with van der Waals surface area (Å²) in [7, 11) is -2.61. The lowest BCUT2D eigenvalue weighted by Gasteiger charge is -2.24. The van der Waals surface area contributed by atoms with E-state index >= 15 is 0 Å². The zero-order valence-corrected chi connectivity index (χ0v) is 28.5. The van der Waals surface area contributed by atoms with E-state index in [1.54, 1.807) is 60.7 Å². The van der Waals surface area contributed by atoms with E-state index in [4.69, 9.17) is 37.4 Å². The second-order valence-electron chi connectivity index (χ2n) is 9.62. The zero-order chi connectivity index (χ0) is 32.6. The summed E-state index contributed by atoms with van der Waals surface area (Å²) in [6.07, 6.45) is 1.41. The Kier molecular flexibility index (Phi) is 11.7. The normalized spacial score (nSPS) is 11.3. The number of carbonyl (C=O) groups is 1. The van der Waals surface area contributed by atoms with Gasteiger partial charge < -0.3 is 14.2 Å². The first kappa shape index (κ1) is 34.1. The van der Waals surface area contributed by atoms with Crippen molar-refractivity contribution in [3.63, 3.8) is 0 Å². The minimum Gasteiger partial charge on any atom is -0.494 e.